The van der Waals surface area contributed by atoms with E-state index in [1.807, 2.05) is 61.5 Å². The number of methoxy groups -OCH3 is 1. The number of hydrogen-bond acceptors (Lipinski definition) is 4. The van der Waals surface area contributed by atoms with Crippen molar-refractivity contribution in [1.29, 1.82) is 0 Å². The second-order valence-electron chi connectivity index (χ2n) is 7.01. The molecule has 1 amide bonds. The summed E-state index contributed by atoms with van der Waals surface area (Å²) in [6.45, 7) is 2.99. The van der Waals surface area contributed by atoms with Crippen molar-refractivity contribution in [2.75, 3.05) is 13.7 Å². The van der Waals surface area contributed by atoms with Gasteiger partial charge in [0.1, 0.15) is 5.75 Å². The van der Waals surface area contributed by atoms with Crippen molar-refractivity contribution in [3.05, 3.63) is 95.6 Å². The summed E-state index contributed by atoms with van der Waals surface area (Å²) < 4.78 is 33.2. The molecule has 162 valence electrons. The van der Waals surface area contributed by atoms with Gasteiger partial charge < -0.3 is 9.64 Å². The van der Waals surface area contributed by atoms with Crippen LogP contribution in [0.15, 0.2) is 83.8 Å². The number of benzene rings is 3. The highest BCUT2D eigenvalue weighted by Crippen LogP contribution is 2.17. The quantitative estimate of drug-likeness (QED) is 0.551. The predicted molar refractivity (Wildman–Crippen MR) is 120 cm³/mol. The van der Waals surface area contributed by atoms with E-state index >= 15 is 0 Å². The lowest BCUT2D eigenvalue weighted by atomic mass is 10.1. The lowest BCUT2D eigenvalue weighted by Crippen LogP contribution is -2.30. The first-order chi connectivity index (χ1) is 14.9. The SMILES string of the molecule is CCN(Cc1ccc(OC)cc1)C(=O)c1cccc(S(=O)(=O)NCc2ccccc2)c1. The number of carbonyl (C=O) groups excluding carboxylic acids is 1. The van der Waals surface area contributed by atoms with Gasteiger partial charge in [-0.15, -0.1) is 0 Å². The summed E-state index contributed by atoms with van der Waals surface area (Å²) >= 11 is 0. The minimum absolute atomic E-state index is 0.0646. The normalized spacial score (nSPS) is 11.2. The molecule has 0 saturated carbocycles. The molecule has 31 heavy (non-hydrogen) atoms. The summed E-state index contributed by atoms with van der Waals surface area (Å²) in [6.07, 6.45) is 0. The van der Waals surface area contributed by atoms with E-state index in [1.54, 1.807) is 24.1 Å². The van der Waals surface area contributed by atoms with Crippen molar-refractivity contribution >= 4 is 15.9 Å². The monoisotopic (exact) mass is 438 g/mol. The third-order valence-electron chi connectivity index (χ3n) is 4.90. The molecule has 6 nitrogen and oxygen atoms in total. The molecular weight excluding hydrogens is 412 g/mol. The average molecular weight is 439 g/mol. The fourth-order valence-electron chi connectivity index (χ4n) is 3.11. The number of nitrogens with zero attached hydrogens (tertiary/aromatic N) is 1. The molecule has 7 heteroatoms. The van der Waals surface area contributed by atoms with Crippen molar-refractivity contribution in [3.63, 3.8) is 0 Å². The van der Waals surface area contributed by atoms with Crippen LogP contribution in [0.4, 0.5) is 0 Å². The summed E-state index contributed by atoms with van der Waals surface area (Å²) in [7, 11) is -2.14. The lowest BCUT2D eigenvalue weighted by Gasteiger charge is -2.21. The number of amides is 1. The van der Waals surface area contributed by atoms with Crippen molar-refractivity contribution in [2.24, 2.45) is 0 Å². The van der Waals surface area contributed by atoms with Gasteiger partial charge in [0.15, 0.2) is 0 Å². The van der Waals surface area contributed by atoms with Gasteiger partial charge in [-0.25, -0.2) is 13.1 Å². The van der Waals surface area contributed by atoms with Gasteiger partial charge in [-0.2, -0.15) is 0 Å². The Balaban J connectivity index is 1.74. The van der Waals surface area contributed by atoms with Crippen LogP contribution in [0.25, 0.3) is 0 Å². The molecule has 0 bridgehead atoms. The Labute approximate surface area is 183 Å². The van der Waals surface area contributed by atoms with Gasteiger partial charge in [-0.1, -0.05) is 48.5 Å². The van der Waals surface area contributed by atoms with Crippen LogP contribution in [0.5, 0.6) is 5.75 Å². The van der Waals surface area contributed by atoms with E-state index in [0.29, 0.717) is 18.7 Å². The van der Waals surface area contributed by atoms with Crippen LogP contribution in [-0.4, -0.2) is 32.9 Å². The molecule has 0 unspecified atom stereocenters. The number of carbonyl (C=O) groups is 1. The lowest BCUT2D eigenvalue weighted by molar-refractivity contribution is 0.0752. The molecule has 0 atom stereocenters. The van der Waals surface area contributed by atoms with Crippen LogP contribution in [0, 0.1) is 0 Å². The molecular formula is C24H26N2O4S. The molecule has 0 spiro atoms. The fraction of sp³-hybridized carbons (Fsp3) is 0.208. The first-order valence-electron chi connectivity index (χ1n) is 9.99. The molecule has 0 aliphatic carbocycles. The molecule has 0 fully saturated rings. The minimum atomic E-state index is -3.75. The summed E-state index contributed by atoms with van der Waals surface area (Å²) in [6, 6.07) is 22.9. The first kappa shape index (κ1) is 22.5. The Hall–Kier alpha value is -3.16. The van der Waals surface area contributed by atoms with Crippen molar-refractivity contribution in [1.82, 2.24) is 9.62 Å². The largest absolute Gasteiger partial charge is 0.497 e. The van der Waals surface area contributed by atoms with E-state index in [9.17, 15) is 13.2 Å². The molecule has 0 radical (unpaired) electrons. The topological polar surface area (TPSA) is 75.7 Å². The molecule has 0 heterocycles. The van der Waals surface area contributed by atoms with Gasteiger partial charge >= 0.3 is 0 Å². The maximum Gasteiger partial charge on any atom is 0.254 e. The molecule has 0 aliphatic rings. The van der Waals surface area contributed by atoms with E-state index < -0.39 is 10.0 Å². The molecule has 0 saturated heterocycles. The Morgan fingerprint density at radius 2 is 1.65 bits per heavy atom. The van der Waals surface area contributed by atoms with Gasteiger partial charge in [-0.05, 0) is 48.4 Å². The highest BCUT2D eigenvalue weighted by atomic mass is 32.2. The van der Waals surface area contributed by atoms with Crippen LogP contribution < -0.4 is 9.46 Å². The van der Waals surface area contributed by atoms with E-state index in [1.165, 1.54) is 12.1 Å². The van der Waals surface area contributed by atoms with Gasteiger partial charge in [0.05, 0.1) is 12.0 Å². The Morgan fingerprint density at radius 3 is 2.29 bits per heavy atom. The van der Waals surface area contributed by atoms with Gasteiger partial charge in [0, 0.05) is 25.2 Å². The second kappa shape index (κ2) is 10.2. The first-order valence-corrected chi connectivity index (χ1v) is 11.5. The number of nitrogens with one attached hydrogen (secondary N) is 1. The molecule has 3 rings (SSSR count). The summed E-state index contributed by atoms with van der Waals surface area (Å²) in [4.78, 5) is 14.8. The third kappa shape index (κ3) is 5.93. The van der Waals surface area contributed by atoms with E-state index in [4.69, 9.17) is 4.74 Å². The number of ether oxygens (including phenoxy) is 1. The molecule has 0 aliphatic heterocycles. The number of hydrogen-bond donors (Lipinski definition) is 1. The standard InChI is InChI=1S/C24H26N2O4S/c1-3-26(18-20-12-14-22(30-2)15-13-20)24(27)21-10-7-11-23(16-21)31(28,29)25-17-19-8-5-4-6-9-19/h4-16,25H,3,17-18H2,1-2H3. The smallest absolute Gasteiger partial charge is 0.254 e. The minimum Gasteiger partial charge on any atom is -0.497 e. The van der Waals surface area contributed by atoms with Crippen molar-refractivity contribution in [3.8, 4) is 5.75 Å². The highest BCUT2D eigenvalue weighted by molar-refractivity contribution is 7.89. The number of rotatable bonds is 9. The van der Waals surface area contributed by atoms with Crippen molar-refractivity contribution < 1.29 is 17.9 Å². The van der Waals surface area contributed by atoms with Gasteiger partial charge in [0.25, 0.3) is 5.91 Å². The van der Waals surface area contributed by atoms with E-state index in [2.05, 4.69) is 4.72 Å². The molecule has 3 aromatic rings. The van der Waals surface area contributed by atoms with Gasteiger partial charge in [0.2, 0.25) is 10.0 Å². The zero-order valence-corrected chi connectivity index (χ0v) is 18.4. The zero-order valence-electron chi connectivity index (χ0n) is 17.6. The average Bonchev–Trinajstić information content (AvgIpc) is 2.82. The second-order valence-corrected chi connectivity index (χ2v) is 8.77. The number of sulfonamides is 1. The highest BCUT2D eigenvalue weighted by Gasteiger charge is 2.19. The maximum absolute atomic E-state index is 13.0. The Kier molecular flexibility index (Phi) is 7.44. The zero-order chi connectivity index (χ0) is 22.3. The maximum atomic E-state index is 13.0. The van der Waals surface area contributed by atoms with Crippen LogP contribution in [0.2, 0.25) is 0 Å². The molecule has 3 aromatic carbocycles. The summed E-state index contributed by atoms with van der Waals surface area (Å²) in [5, 5.41) is 0. The third-order valence-corrected chi connectivity index (χ3v) is 6.30. The fourth-order valence-corrected chi connectivity index (χ4v) is 4.18. The van der Waals surface area contributed by atoms with Crippen LogP contribution in [-0.2, 0) is 23.1 Å². The van der Waals surface area contributed by atoms with Crippen LogP contribution in [0.1, 0.15) is 28.4 Å². The van der Waals surface area contributed by atoms with Crippen LogP contribution in [0.3, 0.4) is 0 Å². The Bertz CT molecular complexity index is 1110. The van der Waals surface area contributed by atoms with E-state index in [0.717, 1.165) is 16.9 Å². The summed E-state index contributed by atoms with van der Waals surface area (Å²) in [5.74, 6) is 0.525. The van der Waals surface area contributed by atoms with Gasteiger partial charge in [-0.3, -0.25) is 4.79 Å². The van der Waals surface area contributed by atoms with Crippen LogP contribution >= 0.6 is 0 Å². The molecule has 1 N–H and O–H groups in total. The predicted octanol–water partition coefficient (Wildman–Crippen LogP) is 3.84. The Morgan fingerprint density at radius 1 is 0.935 bits per heavy atom. The summed E-state index contributed by atoms with van der Waals surface area (Å²) in [5.41, 5.74) is 2.15. The van der Waals surface area contributed by atoms with E-state index in [-0.39, 0.29) is 17.3 Å². The molecule has 0 aromatic heterocycles. The van der Waals surface area contributed by atoms with Crippen molar-refractivity contribution in [2.45, 2.75) is 24.9 Å².